The van der Waals surface area contributed by atoms with Crippen molar-refractivity contribution in [3.63, 3.8) is 0 Å². The Morgan fingerprint density at radius 2 is 2.05 bits per heavy atom. The van der Waals surface area contributed by atoms with Crippen molar-refractivity contribution >= 4 is 33.3 Å². The molecule has 3 aromatic rings. The highest BCUT2D eigenvalue weighted by Gasteiger charge is 2.08. The maximum atomic E-state index is 13.8. The second-order valence-electron chi connectivity index (χ2n) is 3.95. The molecule has 0 radical (unpaired) electrons. The molecular formula is C12H8BrFN4S. The first-order chi connectivity index (χ1) is 9.13. The average molecular weight is 339 g/mol. The number of fused-ring (bicyclic) bond motifs is 1. The molecule has 0 atom stereocenters. The van der Waals surface area contributed by atoms with Crippen molar-refractivity contribution < 1.29 is 4.39 Å². The summed E-state index contributed by atoms with van der Waals surface area (Å²) in [5, 5.41) is 12.8. The molecule has 0 unspecified atom stereocenters. The lowest BCUT2D eigenvalue weighted by atomic mass is 10.2. The standard InChI is InChI=1S/C12H8BrFN4S/c1-7-2-3-9(8(14)6-7)19-11-5-4-10-15-16-12(13)18(10)17-11/h2-6H,1H3. The fraction of sp³-hybridized carbons (Fsp3) is 0.0833. The molecule has 96 valence electrons. The molecule has 0 aliphatic carbocycles. The van der Waals surface area contributed by atoms with Gasteiger partial charge in [-0.15, -0.1) is 10.2 Å². The minimum absolute atomic E-state index is 0.241. The van der Waals surface area contributed by atoms with Crippen LogP contribution in [0.15, 0.2) is 45.0 Å². The summed E-state index contributed by atoms with van der Waals surface area (Å²) in [4.78, 5) is 0.543. The fourth-order valence-corrected chi connectivity index (χ4v) is 2.72. The van der Waals surface area contributed by atoms with E-state index >= 15 is 0 Å². The van der Waals surface area contributed by atoms with Crippen LogP contribution in [-0.4, -0.2) is 19.8 Å². The molecule has 7 heteroatoms. The van der Waals surface area contributed by atoms with E-state index in [9.17, 15) is 4.39 Å². The molecule has 0 bridgehead atoms. The van der Waals surface area contributed by atoms with E-state index in [1.54, 1.807) is 22.7 Å². The number of rotatable bonds is 2. The van der Waals surface area contributed by atoms with Crippen molar-refractivity contribution in [2.24, 2.45) is 0 Å². The van der Waals surface area contributed by atoms with Gasteiger partial charge in [-0.1, -0.05) is 17.8 Å². The van der Waals surface area contributed by atoms with Crippen LogP contribution in [-0.2, 0) is 0 Å². The third-order valence-corrected chi connectivity index (χ3v) is 3.97. The van der Waals surface area contributed by atoms with Gasteiger partial charge in [-0.05, 0) is 52.7 Å². The summed E-state index contributed by atoms with van der Waals surface area (Å²) < 4.78 is 15.9. The van der Waals surface area contributed by atoms with Gasteiger partial charge in [0.05, 0.1) is 0 Å². The summed E-state index contributed by atoms with van der Waals surface area (Å²) in [5.41, 5.74) is 1.53. The maximum Gasteiger partial charge on any atom is 0.221 e. The topological polar surface area (TPSA) is 43.1 Å². The normalized spacial score (nSPS) is 11.1. The number of aryl methyl sites for hydroxylation is 1. The first-order valence-electron chi connectivity index (χ1n) is 5.45. The first kappa shape index (κ1) is 12.6. The van der Waals surface area contributed by atoms with Crippen LogP contribution in [0.4, 0.5) is 4.39 Å². The number of hydrogen-bond acceptors (Lipinski definition) is 4. The van der Waals surface area contributed by atoms with Gasteiger partial charge in [0.1, 0.15) is 10.8 Å². The Balaban J connectivity index is 1.98. The smallest absolute Gasteiger partial charge is 0.206 e. The molecule has 0 aliphatic heterocycles. The van der Waals surface area contributed by atoms with E-state index in [-0.39, 0.29) is 5.82 Å². The molecule has 0 amide bonds. The molecule has 0 aliphatic rings. The number of halogens is 2. The van der Waals surface area contributed by atoms with Gasteiger partial charge < -0.3 is 0 Å². The van der Waals surface area contributed by atoms with Crippen molar-refractivity contribution in [1.82, 2.24) is 19.8 Å². The van der Waals surface area contributed by atoms with Gasteiger partial charge in [0.2, 0.25) is 4.73 Å². The summed E-state index contributed by atoms with van der Waals surface area (Å²) in [6, 6.07) is 8.72. The maximum absolute atomic E-state index is 13.8. The second-order valence-corrected chi connectivity index (χ2v) is 5.72. The van der Waals surface area contributed by atoms with Crippen molar-refractivity contribution in [3.8, 4) is 0 Å². The predicted octanol–water partition coefficient (Wildman–Crippen LogP) is 3.49. The Kier molecular flexibility index (Phi) is 3.24. The van der Waals surface area contributed by atoms with Crippen LogP contribution in [0.1, 0.15) is 5.56 Å². The Labute approximate surface area is 121 Å². The van der Waals surface area contributed by atoms with Crippen molar-refractivity contribution in [1.29, 1.82) is 0 Å². The number of hydrogen-bond donors (Lipinski definition) is 0. The van der Waals surface area contributed by atoms with Crippen LogP contribution in [0.5, 0.6) is 0 Å². The quantitative estimate of drug-likeness (QED) is 0.717. The van der Waals surface area contributed by atoms with E-state index in [2.05, 4.69) is 31.2 Å². The minimum atomic E-state index is -0.241. The van der Waals surface area contributed by atoms with Gasteiger partial charge >= 0.3 is 0 Å². The number of aromatic nitrogens is 4. The lowest BCUT2D eigenvalue weighted by molar-refractivity contribution is 0.600. The predicted molar refractivity (Wildman–Crippen MR) is 73.7 cm³/mol. The summed E-state index contributed by atoms with van der Waals surface area (Å²) in [6.07, 6.45) is 0. The SMILES string of the molecule is Cc1ccc(Sc2ccc3nnc(Br)n3n2)c(F)c1. The molecule has 3 rings (SSSR count). The molecule has 0 spiro atoms. The van der Waals surface area contributed by atoms with Crippen LogP contribution in [0.25, 0.3) is 5.65 Å². The zero-order valence-electron chi connectivity index (χ0n) is 9.84. The Hall–Kier alpha value is -1.47. The second kappa shape index (κ2) is 4.90. The van der Waals surface area contributed by atoms with Crippen LogP contribution in [0, 0.1) is 12.7 Å². The molecule has 2 aromatic heterocycles. The van der Waals surface area contributed by atoms with Gasteiger partial charge in [-0.2, -0.15) is 9.61 Å². The zero-order chi connectivity index (χ0) is 13.4. The third kappa shape index (κ3) is 2.48. The molecule has 1 aromatic carbocycles. The van der Waals surface area contributed by atoms with Crippen molar-refractivity contribution in [3.05, 3.63) is 46.4 Å². The highest BCUT2D eigenvalue weighted by molar-refractivity contribution is 9.10. The van der Waals surface area contributed by atoms with E-state index in [4.69, 9.17) is 0 Å². The summed E-state index contributed by atoms with van der Waals surface area (Å²) in [5.74, 6) is -0.241. The molecule has 0 saturated carbocycles. The van der Waals surface area contributed by atoms with Gasteiger partial charge in [0, 0.05) is 4.90 Å². The monoisotopic (exact) mass is 338 g/mol. The molecule has 19 heavy (non-hydrogen) atoms. The van der Waals surface area contributed by atoms with E-state index in [1.165, 1.54) is 17.8 Å². The Bertz CT molecular complexity index is 759. The molecule has 0 fully saturated rings. The van der Waals surface area contributed by atoms with Gasteiger partial charge in [0.25, 0.3) is 0 Å². The molecule has 4 nitrogen and oxygen atoms in total. The van der Waals surface area contributed by atoms with E-state index in [0.717, 1.165) is 5.56 Å². The van der Waals surface area contributed by atoms with Gasteiger partial charge in [-0.3, -0.25) is 0 Å². The van der Waals surface area contributed by atoms with Crippen LogP contribution in [0.3, 0.4) is 0 Å². The lowest BCUT2D eigenvalue weighted by Crippen LogP contribution is -1.94. The van der Waals surface area contributed by atoms with Crippen LogP contribution >= 0.6 is 27.7 Å². The Morgan fingerprint density at radius 1 is 1.21 bits per heavy atom. The zero-order valence-corrected chi connectivity index (χ0v) is 12.2. The van der Waals surface area contributed by atoms with Crippen molar-refractivity contribution in [2.75, 3.05) is 0 Å². The molecule has 2 heterocycles. The summed E-state index contributed by atoms with van der Waals surface area (Å²) in [6.45, 7) is 1.86. The van der Waals surface area contributed by atoms with Crippen LogP contribution in [0.2, 0.25) is 0 Å². The van der Waals surface area contributed by atoms with Gasteiger partial charge in [-0.25, -0.2) is 4.39 Å². The van der Waals surface area contributed by atoms with Crippen LogP contribution < -0.4 is 0 Å². The average Bonchev–Trinajstić information content (AvgIpc) is 2.75. The number of benzene rings is 1. The largest absolute Gasteiger partial charge is 0.221 e. The minimum Gasteiger partial charge on any atom is -0.206 e. The first-order valence-corrected chi connectivity index (χ1v) is 7.06. The van der Waals surface area contributed by atoms with Crippen molar-refractivity contribution in [2.45, 2.75) is 16.8 Å². The summed E-state index contributed by atoms with van der Waals surface area (Å²) >= 11 is 4.52. The highest BCUT2D eigenvalue weighted by Crippen LogP contribution is 2.29. The van der Waals surface area contributed by atoms with E-state index < -0.39 is 0 Å². The number of nitrogens with zero attached hydrogens (tertiary/aromatic N) is 4. The molecular weight excluding hydrogens is 331 g/mol. The van der Waals surface area contributed by atoms with E-state index in [1.807, 2.05) is 13.0 Å². The highest BCUT2D eigenvalue weighted by atomic mass is 79.9. The molecule has 0 saturated heterocycles. The molecule has 0 N–H and O–H groups in total. The van der Waals surface area contributed by atoms with Gasteiger partial charge in [0.15, 0.2) is 5.65 Å². The lowest BCUT2D eigenvalue weighted by Gasteiger charge is -2.03. The fourth-order valence-electron chi connectivity index (χ4n) is 1.60. The Morgan fingerprint density at radius 3 is 2.84 bits per heavy atom. The third-order valence-electron chi connectivity index (χ3n) is 2.50. The van der Waals surface area contributed by atoms with E-state index in [0.29, 0.717) is 20.3 Å². The summed E-state index contributed by atoms with van der Waals surface area (Å²) in [7, 11) is 0.